The van der Waals surface area contributed by atoms with Gasteiger partial charge in [0.25, 0.3) is 0 Å². The molecule has 0 unspecified atom stereocenters. The minimum absolute atomic E-state index is 0.480. The van der Waals surface area contributed by atoms with E-state index in [1.165, 1.54) is 0 Å². The maximum atomic E-state index is 6.16. The van der Waals surface area contributed by atoms with Crippen molar-refractivity contribution in [3.63, 3.8) is 0 Å². The first-order valence-corrected chi connectivity index (χ1v) is 7.15. The minimum atomic E-state index is 0.480. The Morgan fingerprint density at radius 3 is 2.53 bits per heavy atom. The van der Waals surface area contributed by atoms with Crippen LogP contribution in [0.1, 0.15) is 19.0 Å². The predicted octanol–water partition coefficient (Wildman–Crippen LogP) is 4.33. The molecular formula is C13H14Cl3N3. The van der Waals surface area contributed by atoms with Gasteiger partial charge in [-0.2, -0.15) is 5.10 Å². The van der Waals surface area contributed by atoms with Crippen LogP contribution in [0.15, 0.2) is 24.4 Å². The van der Waals surface area contributed by atoms with E-state index in [-0.39, 0.29) is 0 Å². The van der Waals surface area contributed by atoms with Gasteiger partial charge in [-0.1, -0.05) is 41.7 Å². The summed E-state index contributed by atoms with van der Waals surface area (Å²) < 4.78 is 1.67. The van der Waals surface area contributed by atoms with E-state index in [9.17, 15) is 0 Å². The van der Waals surface area contributed by atoms with Gasteiger partial charge >= 0.3 is 0 Å². The third-order valence-electron chi connectivity index (χ3n) is 2.59. The van der Waals surface area contributed by atoms with Crippen LogP contribution < -0.4 is 5.32 Å². The second-order valence-corrected chi connectivity index (χ2v) is 5.40. The molecule has 0 amide bonds. The van der Waals surface area contributed by atoms with Crippen LogP contribution in [0, 0.1) is 0 Å². The normalized spacial score (nSPS) is 10.9. The van der Waals surface area contributed by atoms with Crippen molar-refractivity contribution in [3.05, 3.63) is 45.2 Å². The van der Waals surface area contributed by atoms with Gasteiger partial charge in [0.1, 0.15) is 5.69 Å². The minimum Gasteiger partial charge on any atom is -0.311 e. The summed E-state index contributed by atoms with van der Waals surface area (Å²) in [6.45, 7) is 3.82. The Labute approximate surface area is 127 Å². The number of hydrogen-bond donors (Lipinski definition) is 1. The molecule has 0 fully saturated rings. The van der Waals surface area contributed by atoms with Crippen LogP contribution in [0.5, 0.6) is 0 Å². The van der Waals surface area contributed by atoms with Gasteiger partial charge in [-0.15, -0.1) is 0 Å². The van der Waals surface area contributed by atoms with E-state index in [1.807, 2.05) is 12.3 Å². The summed E-state index contributed by atoms with van der Waals surface area (Å²) in [7, 11) is 0. The summed E-state index contributed by atoms with van der Waals surface area (Å²) >= 11 is 18.2. The van der Waals surface area contributed by atoms with Crippen LogP contribution in [0.3, 0.4) is 0 Å². The van der Waals surface area contributed by atoms with Gasteiger partial charge in [0.15, 0.2) is 0 Å². The fourth-order valence-electron chi connectivity index (χ4n) is 1.73. The number of benzene rings is 1. The fourth-order valence-corrected chi connectivity index (χ4v) is 2.72. The molecule has 1 heterocycles. The van der Waals surface area contributed by atoms with Crippen molar-refractivity contribution in [1.29, 1.82) is 0 Å². The van der Waals surface area contributed by atoms with Crippen LogP contribution in [0.2, 0.25) is 15.1 Å². The number of aromatic nitrogens is 2. The zero-order valence-electron chi connectivity index (χ0n) is 10.5. The molecule has 19 heavy (non-hydrogen) atoms. The second kappa shape index (κ2) is 6.62. The van der Waals surface area contributed by atoms with Crippen LogP contribution >= 0.6 is 34.8 Å². The van der Waals surface area contributed by atoms with Crippen LogP contribution in [-0.4, -0.2) is 16.3 Å². The van der Waals surface area contributed by atoms with E-state index in [0.29, 0.717) is 20.8 Å². The molecule has 1 aromatic heterocycles. The average Bonchev–Trinajstić information content (AvgIpc) is 2.76. The lowest BCUT2D eigenvalue weighted by Crippen LogP contribution is -2.14. The summed E-state index contributed by atoms with van der Waals surface area (Å²) in [5, 5.41) is 9.21. The maximum absolute atomic E-state index is 6.16. The third-order valence-corrected chi connectivity index (χ3v) is 3.38. The largest absolute Gasteiger partial charge is 0.311 e. The lowest BCUT2D eigenvalue weighted by molar-refractivity contribution is 0.656. The van der Waals surface area contributed by atoms with Crippen molar-refractivity contribution in [2.45, 2.75) is 19.9 Å². The van der Waals surface area contributed by atoms with E-state index < -0.39 is 0 Å². The van der Waals surface area contributed by atoms with Crippen LogP contribution in [-0.2, 0) is 6.54 Å². The molecule has 0 bridgehead atoms. The molecule has 3 nitrogen and oxygen atoms in total. The summed E-state index contributed by atoms with van der Waals surface area (Å²) in [6, 6.07) is 5.24. The van der Waals surface area contributed by atoms with E-state index in [2.05, 4.69) is 17.3 Å². The number of nitrogens with zero attached hydrogens (tertiary/aromatic N) is 2. The summed E-state index contributed by atoms with van der Waals surface area (Å²) in [6.07, 6.45) is 2.93. The van der Waals surface area contributed by atoms with Gasteiger partial charge in [-0.05, 0) is 31.2 Å². The predicted molar refractivity (Wildman–Crippen MR) is 80.6 cm³/mol. The highest BCUT2D eigenvalue weighted by molar-refractivity contribution is 6.40. The highest BCUT2D eigenvalue weighted by Gasteiger charge is 2.11. The van der Waals surface area contributed by atoms with Crippen molar-refractivity contribution >= 4 is 34.8 Å². The molecule has 102 valence electrons. The molecule has 1 aromatic carbocycles. The first-order chi connectivity index (χ1) is 9.11. The van der Waals surface area contributed by atoms with E-state index in [1.54, 1.807) is 16.8 Å². The smallest absolute Gasteiger partial charge is 0.102 e. The van der Waals surface area contributed by atoms with Gasteiger partial charge in [0, 0.05) is 17.8 Å². The molecule has 0 saturated carbocycles. The Morgan fingerprint density at radius 1 is 1.21 bits per heavy atom. The molecule has 0 aliphatic rings. The van der Waals surface area contributed by atoms with Crippen molar-refractivity contribution in [2.75, 3.05) is 6.54 Å². The zero-order chi connectivity index (χ0) is 13.8. The van der Waals surface area contributed by atoms with E-state index >= 15 is 0 Å². The number of nitrogens with one attached hydrogen (secondary N) is 1. The lowest BCUT2D eigenvalue weighted by atomic mass is 10.3. The lowest BCUT2D eigenvalue weighted by Gasteiger charge is -2.07. The van der Waals surface area contributed by atoms with Gasteiger partial charge in [-0.25, -0.2) is 4.68 Å². The topological polar surface area (TPSA) is 29.9 Å². The first kappa shape index (κ1) is 14.7. The quantitative estimate of drug-likeness (QED) is 0.831. The Morgan fingerprint density at radius 2 is 1.89 bits per heavy atom. The Hall–Kier alpha value is -0.740. The maximum Gasteiger partial charge on any atom is 0.102 e. The molecule has 1 N–H and O–H groups in total. The third kappa shape index (κ3) is 3.63. The highest BCUT2D eigenvalue weighted by atomic mass is 35.5. The molecule has 0 atom stereocenters. The fraction of sp³-hybridized carbons (Fsp3) is 0.308. The SMILES string of the molecule is CCCNCc1ccn(-c2c(Cl)cc(Cl)cc2Cl)n1. The van der Waals surface area contributed by atoms with Gasteiger partial charge in [0.05, 0.1) is 15.7 Å². The molecule has 0 radical (unpaired) electrons. The molecule has 6 heteroatoms. The Balaban J connectivity index is 2.23. The van der Waals surface area contributed by atoms with Crippen molar-refractivity contribution < 1.29 is 0 Å². The number of halogens is 3. The monoisotopic (exact) mass is 317 g/mol. The van der Waals surface area contributed by atoms with Crippen LogP contribution in [0.4, 0.5) is 0 Å². The highest BCUT2D eigenvalue weighted by Crippen LogP contribution is 2.31. The Bertz CT molecular complexity index is 543. The molecule has 0 spiro atoms. The summed E-state index contributed by atoms with van der Waals surface area (Å²) in [5.41, 5.74) is 1.59. The zero-order valence-corrected chi connectivity index (χ0v) is 12.7. The standard InChI is InChI=1S/C13H14Cl3N3/c1-2-4-17-8-10-3-5-19(18-10)13-11(15)6-9(14)7-12(13)16/h3,5-7,17H,2,4,8H2,1H3. The molecular weight excluding hydrogens is 305 g/mol. The molecule has 0 saturated heterocycles. The van der Waals surface area contributed by atoms with Crippen molar-refractivity contribution in [2.24, 2.45) is 0 Å². The molecule has 2 aromatic rings. The average molecular weight is 319 g/mol. The first-order valence-electron chi connectivity index (χ1n) is 6.02. The molecule has 0 aliphatic carbocycles. The van der Waals surface area contributed by atoms with Gasteiger partial charge in [0.2, 0.25) is 0 Å². The van der Waals surface area contributed by atoms with Crippen molar-refractivity contribution in [1.82, 2.24) is 15.1 Å². The molecule has 0 aliphatic heterocycles. The second-order valence-electron chi connectivity index (χ2n) is 4.15. The van der Waals surface area contributed by atoms with Crippen molar-refractivity contribution in [3.8, 4) is 5.69 Å². The summed E-state index contributed by atoms with van der Waals surface area (Å²) in [5.74, 6) is 0. The van der Waals surface area contributed by atoms with Crippen LogP contribution in [0.25, 0.3) is 5.69 Å². The number of hydrogen-bond acceptors (Lipinski definition) is 2. The van der Waals surface area contributed by atoms with E-state index in [4.69, 9.17) is 34.8 Å². The van der Waals surface area contributed by atoms with E-state index in [0.717, 1.165) is 25.2 Å². The number of rotatable bonds is 5. The summed E-state index contributed by atoms with van der Waals surface area (Å²) in [4.78, 5) is 0. The molecule has 2 rings (SSSR count). The Kier molecular flexibility index (Phi) is 5.11. The van der Waals surface area contributed by atoms with Gasteiger partial charge < -0.3 is 5.32 Å². The van der Waals surface area contributed by atoms with Gasteiger partial charge in [-0.3, -0.25) is 0 Å².